The van der Waals surface area contributed by atoms with E-state index in [4.69, 9.17) is 9.15 Å². The Balaban J connectivity index is 1.43. The fourth-order valence-corrected chi connectivity index (χ4v) is 3.10. The maximum absolute atomic E-state index is 12.7. The van der Waals surface area contributed by atoms with Gasteiger partial charge in [0.15, 0.2) is 0 Å². The van der Waals surface area contributed by atoms with E-state index >= 15 is 0 Å². The molecule has 0 atom stereocenters. The van der Waals surface area contributed by atoms with E-state index in [1.54, 1.807) is 48.5 Å². The molecule has 1 aliphatic heterocycles. The number of nitro groups is 1. The Labute approximate surface area is 187 Å². The quantitative estimate of drug-likeness (QED) is 0.254. The second kappa shape index (κ2) is 9.18. The van der Waals surface area contributed by atoms with Gasteiger partial charge in [-0.1, -0.05) is 12.1 Å². The van der Waals surface area contributed by atoms with E-state index in [9.17, 15) is 24.5 Å². The molecule has 0 unspecified atom stereocenters. The molecule has 0 aliphatic carbocycles. The fourth-order valence-electron chi connectivity index (χ4n) is 3.10. The van der Waals surface area contributed by atoms with Crippen LogP contribution >= 0.6 is 0 Å². The lowest BCUT2D eigenvalue weighted by molar-refractivity contribution is -0.384. The van der Waals surface area contributed by atoms with Crippen LogP contribution in [0.4, 0.5) is 10.5 Å². The molecule has 166 valence electrons. The smallest absolute Gasteiger partial charge is 0.331 e. The van der Waals surface area contributed by atoms with Crippen molar-refractivity contribution in [2.45, 2.75) is 13.2 Å². The summed E-state index contributed by atoms with van der Waals surface area (Å²) >= 11 is 0. The van der Waals surface area contributed by atoms with Crippen LogP contribution in [0.1, 0.15) is 16.9 Å². The number of carbonyl (C=O) groups is 3. The van der Waals surface area contributed by atoms with E-state index in [2.05, 4.69) is 5.32 Å². The highest BCUT2D eigenvalue weighted by Crippen LogP contribution is 2.20. The first kappa shape index (κ1) is 21.5. The van der Waals surface area contributed by atoms with Crippen molar-refractivity contribution in [2.75, 3.05) is 0 Å². The minimum Gasteiger partial charge on any atom is -0.489 e. The third kappa shape index (κ3) is 4.96. The lowest BCUT2D eigenvalue weighted by Crippen LogP contribution is -2.53. The van der Waals surface area contributed by atoms with E-state index in [1.807, 2.05) is 0 Å². The molecule has 3 aromatic rings. The molecule has 4 rings (SSSR count). The fraction of sp³-hybridized carbons (Fsp3) is 0.0870. The molecule has 2 aromatic carbocycles. The highest BCUT2D eigenvalue weighted by atomic mass is 16.6. The minimum absolute atomic E-state index is 0.00172. The van der Waals surface area contributed by atoms with Gasteiger partial charge in [0, 0.05) is 12.1 Å². The third-order valence-electron chi connectivity index (χ3n) is 4.82. The number of non-ortho nitro benzene ring substituents is 1. The predicted octanol–water partition coefficient (Wildman–Crippen LogP) is 3.43. The molecule has 0 radical (unpaired) electrons. The predicted molar refractivity (Wildman–Crippen MR) is 115 cm³/mol. The van der Waals surface area contributed by atoms with E-state index in [0.717, 1.165) is 10.5 Å². The largest absolute Gasteiger partial charge is 0.489 e. The van der Waals surface area contributed by atoms with Gasteiger partial charge in [0.25, 0.3) is 17.5 Å². The molecule has 0 saturated carbocycles. The number of barbiturate groups is 1. The van der Waals surface area contributed by atoms with Crippen LogP contribution in [0.5, 0.6) is 5.75 Å². The van der Waals surface area contributed by atoms with Gasteiger partial charge in [-0.15, -0.1) is 0 Å². The third-order valence-corrected chi connectivity index (χ3v) is 4.82. The summed E-state index contributed by atoms with van der Waals surface area (Å²) in [5.41, 5.74) is 1.14. The van der Waals surface area contributed by atoms with Crippen LogP contribution in [0, 0.1) is 10.1 Å². The number of amides is 4. The van der Waals surface area contributed by atoms with Crippen LogP contribution in [0.3, 0.4) is 0 Å². The number of ether oxygens (including phenoxy) is 1. The zero-order chi connectivity index (χ0) is 23.4. The number of furan rings is 1. The second-order valence-corrected chi connectivity index (χ2v) is 7.07. The van der Waals surface area contributed by atoms with Crippen molar-refractivity contribution in [2.24, 2.45) is 0 Å². The highest BCUT2D eigenvalue weighted by Gasteiger charge is 2.36. The van der Waals surface area contributed by atoms with Gasteiger partial charge < -0.3 is 9.15 Å². The van der Waals surface area contributed by atoms with E-state index < -0.39 is 22.8 Å². The maximum Gasteiger partial charge on any atom is 0.331 e. The standard InChI is InChI=1S/C23H17N3O7/c27-21-20(22(28)25(23(29)24-21)13-19-2-1-11-32-19)12-15-5-9-18(10-6-15)33-14-16-3-7-17(8-4-16)26(30)31/h1-12H,13-14H2,(H,24,27,29)/b20-12+. The molecule has 1 aliphatic rings. The number of carbonyl (C=O) groups excluding carboxylic acids is 3. The molecule has 33 heavy (non-hydrogen) atoms. The average Bonchev–Trinajstić information content (AvgIpc) is 3.32. The molecular weight excluding hydrogens is 430 g/mol. The number of rotatable bonds is 7. The summed E-state index contributed by atoms with van der Waals surface area (Å²) in [7, 11) is 0. The summed E-state index contributed by atoms with van der Waals surface area (Å²) in [5.74, 6) is -0.566. The first-order valence-electron chi connectivity index (χ1n) is 9.78. The second-order valence-electron chi connectivity index (χ2n) is 7.07. The highest BCUT2D eigenvalue weighted by molar-refractivity contribution is 6.30. The average molecular weight is 447 g/mol. The maximum atomic E-state index is 12.7. The lowest BCUT2D eigenvalue weighted by Gasteiger charge is -2.25. The molecule has 1 saturated heterocycles. The number of urea groups is 1. The molecule has 10 heteroatoms. The van der Waals surface area contributed by atoms with Gasteiger partial charge in [-0.05, 0) is 53.6 Å². The number of hydrogen-bond donors (Lipinski definition) is 1. The first-order chi connectivity index (χ1) is 15.9. The molecule has 1 fully saturated rings. The molecule has 1 aromatic heterocycles. The first-order valence-corrected chi connectivity index (χ1v) is 9.78. The molecule has 0 spiro atoms. The minimum atomic E-state index is -0.812. The number of benzene rings is 2. The van der Waals surface area contributed by atoms with Gasteiger partial charge in [0.1, 0.15) is 23.7 Å². The summed E-state index contributed by atoms with van der Waals surface area (Å²) in [6, 6.07) is 15.1. The topological polar surface area (TPSA) is 132 Å². The SMILES string of the molecule is O=C1NC(=O)N(Cc2ccco2)C(=O)/C1=C/c1ccc(OCc2ccc([N+](=O)[O-])cc2)cc1. The Kier molecular flexibility index (Phi) is 5.98. The van der Waals surface area contributed by atoms with Gasteiger partial charge in [-0.25, -0.2) is 4.79 Å². The van der Waals surface area contributed by atoms with Crippen LogP contribution in [-0.2, 0) is 22.7 Å². The Hall–Kier alpha value is -4.73. The van der Waals surface area contributed by atoms with Gasteiger partial charge >= 0.3 is 6.03 Å². The van der Waals surface area contributed by atoms with Gasteiger partial charge in [-0.2, -0.15) is 0 Å². The van der Waals surface area contributed by atoms with Crippen molar-refractivity contribution in [3.63, 3.8) is 0 Å². The summed E-state index contributed by atoms with van der Waals surface area (Å²) < 4.78 is 10.8. The molecule has 10 nitrogen and oxygen atoms in total. The number of nitrogens with zero attached hydrogens (tertiary/aromatic N) is 2. The normalized spacial score (nSPS) is 15.0. The molecule has 4 amide bonds. The molecule has 1 N–H and O–H groups in total. The summed E-state index contributed by atoms with van der Waals surface area (Å²) in [6.07, 6.45) is 2.81. The van der Waals surface area contributed by atoms with E-state index in [1.165, 1.54) is 24.5 Å². The number of hydrogen-bond acceptors (Lipinski definition) is 7. The van der Waals surface area contributed by atoms with Crippen molar-refractivity contribution in [1.82, 2.24) is 10.2 Å². The van der Waals surface area contributed by atoms with Gasteiger partial charge in [-0.3, -0.25) is 29.9 Å². The Bertz CT molecular complexity index is 1230. The van der Waals surface area contributed by atoms with Crippen LogP contribution in [0.25, 0.3) is 6.08 Å². The van der Waals surface area contributed by atoms with Crippen LogP contribution in [-0.4, -0.2) is 27.7 Å². The molecule has 2 heterocycles. The summed E-state index contributed by atoms with van der Waals surface area (Å²) in [4.78, 5) is 48.2. The number of nitro benzene ring substituents is 1. The number of imide groups is 2. The number of nitrogens with one attached hydrogen (secondary N) is 1. The molecule has 0 bridgehead atoms. The van der Waals surface area contributed by atoms with Crippen molar-refractivity contribution in [3.8, 4) is 5.75 Å². The molecular formula is C23H17N3O7. The zero-order valence-electron chi connectivity index (χ0n) is 17.1. The van der Waals surface area contributed by atoms with Crippen LogP contribution in [0.2, 0.25) is 0 Å². The van der Waals surface area contributed by atoms with E-state index in [-0.39, 0.29) is 24.4 Å². The Morgan fingerprint density at radius 3 is 2.39 bits per heavy atom. The lowest BCUT2D eigenvalue weighted by atomic mass is 10.1. The Morgan fingerprint density at radius 1 is 1.03 bits per heavy atom. The zero-order valence-corrected chi connectivity index (χ0v) is 17.1. The van der Waals surface area contributed by atoms with Crippen molar-refractivity contribution >= 4 is 29.6 Å². The van der Waals surface area contributed by atoms with Gasteiger partial charge in [0.05, 0.1) is 17.7 Å². The van der Waals surface area contributed by atoms with Crippen LogP contribution in [0.15, 0.2) is 76.9 Å². The van der Waals surface area contributed by atoms with Crippen molar-refractivity contribution in [3.05, 3.63) is 99.5 Å². The monoisotopic (exact) mass is 447 g/mol. The van der Waals surface area contributed by atoms with E-state index in [0.29, 0.717) is 17.1 Å². The van der Waals surface area contributed by atoms with Crippen LogP contribution < -0.4 is 10.1 Å². The van der Waals surface area contributed by atoms with Crippen molar-refractivity contribution in [1.29, 1.82) is 0 Å². The Morgan fingerprint density at radius 2 is 1.76 bits per heavy atom. The van der Waals surface area contributed by atoms with Gasteiger partial charge in [0.2, 0.25) is 0 Å². The summed E-state index contributed by atoms with van der Waals surface area (Å²) in [5, 5.41) is 12.9. The summed E-state index contributed by atoms with van der Waals surface area (Å²) in [6.45, 7) is 0.112. The van der Waals surface area contributed by atoms with Crippen molar-refractivity contribution < 1.29 is 28.5 Å².